The Morgan fingerprint density at radius 2 is 1.84 bits per heavy atom. The number of rotatable bonds is 9. The van der Waals surface area contributed by atoms with Crippen molar-refractivity contribution in [3.05, 3.63) is 17.7 Å². The zero-order valence-electron chi connectivity index (χ0n) is 11.7. The minimum absolute atomic E-state index is 0.0932. The molecule has 0 radical (unpaired) electrons. The van der Waals surface area contributed by atoms with Crippen molar-refractivity contribution in [1.82, 2.24) is 0 Å². The molecule has 0 aliphatic carbocycles. The third kappa shape index (κ3) is 4.96. The van der Waals surface area contributed by atoms with Gasteiger partial charge in [-0.25, -0.2) is 0 Å². The average molecular weight is 268 g/mol. The first-order valence-corrected chi connectivity index (χ1v) is 6.61. The molecular formula is C14H24N2O3. The third-order valence-electron chi connectivity index (χ3n) is 2.92. The Kier molecular flexibility index (Phi) is 7.07. The fourth-order valence-electron chi connectivity index (χ4n) is 1.85. The molecule has 1 aromatic rings. The Balaban J connectivity index is 2.74. The van der Waals surface area contributed by atoms with Crippen LogP contribution in [0.15, 0.2) is 12.1 Å². The molecular weight excluding hydrogens is 244 g/mol. The lowest BCUT2D eigenvalue weighted by Crippen LogP contribution is -2.09. The SMILES string of the molecule is COc1cc(NCCCCO)cc(NCCO)c1C. The molecule has 0 fully saturated rings. The Labute approximate surface area is 114 Å². The first-order chi connectivity index (χ1) is 9.22. The maximum absolute atomic E-state index is 8.88. The van der Waals surface area contributed by atoms with Crippen molar-refractivity contribution in [3.63, 3.8) is 0 Å². The highest BCUT2D eigenvalue weighted by atomic mass is 16.5. The molecule has 0 aromatic heterocycles. The fraction of sp³-hybridized carbons (Fsp3) is 0.571. The second-order valence-electron chi connectivity index (χ2n) is 4.36. The average Bonchev–Trinajstić information content (AvgIpc) is 2.43. The molecule has 0 atom stereocenters. The largest absolute Gasteiger partial charge is 0.496 e. The van der Waals surface area contributed by atoms with Gasteiger partial charge in [-0.05, 0) is 25.8 Å². The summed E-state index contributed by atoms with van der Waals surface area (Å²) in [6, 6.07) is 3.96. The van der Waals surface area contributed by atoms with Gasteiger partial charge in [0.25, 0.3) is 0 Å². The summed E-state index contributed by atoms with van der Waals surface area (Å²) in [7, 11) is 1.65. The molecule has 0 aliphatic heterocycles. The van der Waals surface area contributed by atoms with E-state index < -0.39 is 0 Å². The van der Waals surface area contributed by atoms with Crippen molar-refractivity contribution >= 4 is 11.4 Å². The number of ether oxygens (including phenoxy) is 1. The van der Waals surface area contributed by atoms with Crippen LogP contribution in [0, 0.1) is 6.92 Å². The molecule has 5 heteroatoms. The summed E-state index contributed by atoms with van der Waals surface area (Å²) in [5, 5.41) is 24.1. The van der Waals surface area contributed by atoms with E-state index in [9.17, 15) is 0 Å². The monoisotopic (exact) mass is 268 g/mol. The van der Waals surface area contributed by atoms with Crippen LogP contribution in [0.3, 0.4) is 0 Å². The van der Waals surface area contributed by atoms with Crippen LogP contribution in [0.4, 0.5) is 11.4 Å². The molecule has 0 saturated carbocycles. The molecule has 1 rings (SSSR count). The number of hydrogen-bond acceptors (Lipinski definition) is 5. The van der Waals surface area contributed by atoms with Gasteiger partial charge in [-0.1, -0.05) is 0 Å². The molecule has 4 N–H and O–H groups in total. The van der Waals surface area contributed by atoms with Crippen LogP contribution in [-0.2, 0) is 0 Å². The fourth-order valence-corrected chi connectivity index (χ4v) is 1.85. The number of nitrogens with one attached hydrogen (secondary N) is 2. The van der Waals surface area contributed by atoms with Gasteiger partial charge < -0.3 is 25.6 Å². The molecule has 1 aromatic carbocycles. The van der Waals surface area contributed by atoms with Gasteiger partial charge in [0.15, 0.2) is 0 Å². The van der Waals surface area contributed by atoms with Crippen molar-refractivity contribution in [3.8, 4) is 5.75 Å². The Hall–Kier alpha value is -1.46. The number of methoxy groups -OCH3 is 1. The van der Waals surface area contributed by atoms with Gasteiger partial charge in [0, 0.05) is 42.7 Å². The predicted molar refractivity (Wildman–Crippen MR) is 78.1 cm³/mol. The van der Waals surface area contributed by atoms with Crippen LogP contribution in [0.25, 0.3) is 0 Å². The quantitative estimate of drug-likeness (QED) is 0.512. The maximum Gasteiger partial charge on any atom is 0.125 e. The van der Waals surface area contributed by atoms with Gasteiger partial charge in [-0.2, -0.15) is 0 Å². The first-order valence-electron chi connectivity index (χ1n) is 6.61. The highest BCUT2D eigenvalue weighted by molar-refractivity contribution is 5.66. The minimum Gasteiger partial charge on any atom is -0.496 e. The Bertz CT molecular complexity index is 383. The second kappa shape index (κ2) is 8.61. The van der Waals surface area contributed by atoms with Gasteiger partial charge in [0.05, 0.1) is 13.7 Å². The minimum atomic E-state index is 0.0932. The lowest BCUT2D eigenvalue weighted by Gasteiger charge is -2.15. The number of aliphatic hydroxyl groups excluding tert-OH is 2. The number of anilines is 2. The van der Waals surface area contributed by atoms with Crippen molar-refractivity contribution in [2.75, 3.05) is 44.0 Å². The summed E-state index contributed by atoms with van der Waals surface area (Å²) in [4.78, 5) is 0. The molecule has 0 amide bonds. The van der Waals surface area contributed by atoms with E-state index in [1.807, 2.05) is 19.1 Å². The van der Waals surface area contributed by atoms with Crippen LogP contribution in [0.5, 0.6) is 5.75 Å². The van der Waals surface area contributed by atoms with E-state index in [0.29, 0.717) is 6.54 Å². The third-order valence-corrected chi connectivity index (χ3v) is 2.92. The highest BCUT2D eigenvalue weighted by Crippen LogP contribution is 2.30. The highest BCUT2D eigenvalue weighted by Gasteiger charge is 2.07. The van der Waals surface area contributed by atoms with Crippen LogP contribution < -0.4 is 15.4 Å². The first kappa shape index (κ1) is 15.6. The van der Waals surface area contributed by atoms with Crippen molar-refractivity contribution in [2.24, 2.45) is 0 Å². The van der Waals surface area contributed by atoms with Gasteiger partial charge in [-0.15, -0.1) is 0 Å². The lowest BCUT2D eigenvalue weighted by atomic mass is 10.1. The van der Waals surface area contributed by atoms with Gasteiger partial charge in [0.2, 0.25) is 0 Å². The van der Waals surface area contributed by atoms with E-state index in [1.54, 1.807) is 7.11 Å². The van der Waals surface area contributed by atoms with Gasteiger partial charge >= 0.3 is 0 Å². The van der Waals surface area contributed by atoms with E-state index >= 15 is 0 Å². The topological polar surface area (TPSA) is 73.8 Å². The molecule has 0 bridgehead atoms. The molecule has 0 saturated heterocycles. The molecule has 19 heavy (non-hydrogen) atoms. The van der Waals surface area contributed by atoms with E-state index in [-0.39, 0.29) is 13.2 Å². The van der Waals surface area contributed by atoms with Crippen LogP contribution >= 0.6 is 0 Å². The molecule has 0 heterocycles. The number of benzene rings is 1. The second-order valence-corrected chi connectivity index (χ2v) is 4.36. The molecule has 0 aliphatic rings. The summed E-state index contributed by atoms with van der Waals surface area (Å²) in [6.45, 7) is 3.62. The van der Waals surface area contributed by atoms with E-state index in [2.05, 4.69) is 10.6 Å². The molecule has 108 valence electrons. The summed E-state index contributed by atoms with van der Waals surface area (Å²) in [5.74, 6) is 0.813. The zero-order chi connectivity index (χ0) is 14.1. The van der Waals surface area contributed by atoms with Crippen molar-refractivity contribution in [2.45, 2.75) is 19.8 Å². The van der Waals surface area contributed by atoms with E-state index in [4.69, 9.17) is 14.9 Å². The zero-order valence-corrected chi connectivity index (χ0v) is 11.7. The summed E-state index contributed by atoms with van der Waals surface area (Å²) < 4.78 is 5.35. The van der Waals surface area contributed by atoms with Crippen LogP contribution in [-0.4, -0.2) is 43.6 Å². The van der Waals surface area contributed by atoms with Crippen molar-refractivity contribution in [1.29, 1.82) is 0 Å². The standard InChI is InChI=1S/C14H24N2O3/c1-11-13(16-6-8-18)9-12(10-14(11)19-2)15-5-3-4-7-17/h9-10,15-18H,3-8H2,1-2H3. The van der Waals surface area contributed by atoms with E-state index in [0.717, 1.165) is 42.1 Å². The number of aliphatic hydroxyl groups is 2. The lowest BCUT2D eigenvalue weighted by molar-refractivity contribution is 0.286. The number of unbranched alkanes of at least 4 members (excludes halogenated alkanes) is 1. The van der Waals surface area contributed by atoms with Crippen LogP contribution in [0.1, 0.15) is 18.4 Å². The Morgan fingerprint density at radius 3 is 2.47 bits per heavy atom. The smallest absolute Gasteiger partial charge is 0.125 e. The Morgan fingerprint density at radius 1 is 1.05 bits per heavy atom. The summed E-state index contributed by atoms with van der Waals surface area (Å²) in [5.41, 5.74) is 2.95. The normalized spacial score (nSPS) is 10.3. The predicted octanol–water partition coefficient (Wildman–Crippen LogP) is 1.59. The number of hydrogen-bond donors (Lipinski definition) is 4. The van der Waals surface area contributed by atoms with Gasteiger partial charge in [0.1, 0.15) is 5.75 Å². The maximum atomic E-state index is 8.88. The summed E-state index contributed by atoms with van der Waals surface area (Å²) >= 11 is 0. The van der Waals surface area contributed by atoms with E-state index in [1.165, 1.54) is 0 Å². The molecule has 0 unspecified atom stereocenters. The molecule has 5 nitrogen and oxygen atoms in total. The summed E-state index contributed by atoms with van der Waals surface area (Å²) in [6.07, 6.45) is 1.72. The molecule has 0 spiro atoms. The van der Waals surface area contributed by atoms with Crippen molar-refractivity contribution < 1.29 is 14.9 Å². The van der Waals surface area contributed by atoms with Crippen LogP contribution in [0.2, 0.25) is 0 Å². The van der Waals surface area contributed by atoms with Gasteiger partial charge in [-0.3, -0.25) is 0 Å².